The van der Waals surface area contributed by atoms with Gasteiger partial charge in [0, 0.05) is 12.6 Å². The van der Waals surface area contributed by atoms with Gasteiger partial charge in [0.15, 0.2) is 0 Å². The molecule has 0 aromatic heterocycles. The third kappa shape index (κ3) is 6.03. The number of carbonyl (C=O) groups excluding carboxylic acids is 1. The summed E-state index contributed by atoms with van der Waals surface area (Å²) in [4.78, 5) is 13.8. The van der Waals surface area contributed by atoms with Gasteiger partial charge in [-0.1, -0.05) is 19.8 Å². The molecule has 0 heterocycles. The van der Waals surface area contributed by atoms with Crippen molar-refractivity contribution in [3.63, 3.8) is 0 Å². The maximum absolute atomic E-state index is 11.8. The van der Waals surface area contributed by atoms with Crippen LogP contribution in [0, 0.1) is 0 Å². The van der Waals surface area contributed by atoms with E-state index in [4.69, 9.17) is 0 Å². The smallest absolute Gasteiger partial charge is 0.234 e. The van der Waals surface area contributed by atoms with Crippen LogP contribution in [-0.2, 0) is 4.79 Å². The molecule has 1 fully saturated rings. The van der Waals surface area contributed by atoms with Crippen molar-refractivity contribution >= 4 is 5.91 Å². The van der Waals surface area contributed by atoms with Crippen LogP contribution in [0.5, 0.6) is 0 Å². The lowest BCUT2D eigenvalue weighted by Gasteiger charge is -2.27. The Morgan fingerprint density at radius 3 is 2.47 bits per heavy atom. The molecule has 1 saturated carbocycles. The number of hydrogen-bond acceptors (Lipinski definition) is 3. The molecule has 4 nitrogen and oxygen atoms in total. The fourth-order valence-corrected chi connectivity index (χ4v) is 2.37. The fourth-order valence-electron chi connectivity index (χ4n) is 2.37. The summed E-state index contributed by atoms with van der Waals surface area (Å²) in [6.07, 6.45) is 4.69. The maximum Gasteiger partial charge on any atom is 0.234 e. The van der Waals surface area contributed by atoms with E-state index in [-0.39, 0.29) is 5.91 Å². The van der Waals surface area contributed by atoms with Crippen LogP contribution >= 0.6 is 0 Å². The maximum atomic E-state index is 11.8. The highest BCUT2D eigenvalue weighted by Crippen LogP contribution is 2.17. The summed E-state index contributed by atoms with van der Waals surface area (Å²) in [5, 5.41) is 12.8. The second kappa shape index (κ2) is 6.36. The van der Waals surface area contributed by atoms with Crippen molar-refractivity contribution < 1.29 is 9.90 Å². The van der Waals surface area contributed by atoms with Gasteiger partial charge >= 0.3 is 0 Å². The summed E-state index contributed by atoms with van der Waals surface area (Å²) >= 11 is 0. The average Bonchev–Trinajstić information content (AvgIpc) is 2.67. The Bertz CT molecular complexity index is 242. The predicted molar refractivity (Wildman–Crippen MR) is 68.8 cm³/mol. The minimum absolute atomic E-state index is 0.0861. The molecule has 17 heavy (non-hydrogen) atoms. The number of likely N-dealkylation sites (N-methyl/N-ethyl adjacent to an activating group) is 1. The molecule has 1 rings (SSSR count). The highest BCUT2D eigenvalue weighted by Gasteiger charge is 2.21. The third-order valence-corrected chi connectivity index (χ3v) is 3.15. The van der Waals surface area contributed by atoms with Crippen LogP contribution in [0.3, 0.4) is 0 Å². The van der Waals surface area contributed by atoms with Gasteiger partial charge in [-0.25, -0.2) is 0 Å². The zero-order chi connectivity index (χ0) is 12.9. The number of hydrogen-bond donors (Lipinski definition) is 2. The quantitative estimate of drug-likeness (QED) is 0.734. The Morgan fingerprint density at radius 2 is 2.00 bits per heavy atom. The standard InChI is InChI=1S/C13H26N2O2/c1-4-15(10-13(2,3)17)9-12(16)14-11-7-5-6-8-11/h11,17H,4-10H2,1-3H3,(H,14,16). The summed E-state index contributed by atoms with van der Waals surface area (Å²) in [7, 11) is 0. The highest BCUT2D eigenvalue weighted by atomic mass is 16.3. The van der Waals surface area contributed by atoms with Gasteiger partial charge in [-0.05, 0) is 33.2 Å². The average molecular weight is 242 g/mol. The van der Waals surface area contributed by atoms with Crippen molar-refractivity contribution in [2.24, 2.45) is 0 Å². The summed E-state index contributed by atoms with van der Waals surface area (Å²) in [6, 6.07) is 0.378. The lowest BCUT2D eigenvalue weighted by atomic mass is 10.1. The molecule has 0 saturated heterocycles. The third-order valence-electron chi connectivity index (χ3n) is 3.15. The van der Waals surface area contributed by atoms with Gasteiger partial charge in [0.1, 0.15) is 0 Å². The van der Waals surface area contributed by atoms with Gasteiger partial charge in [-0.3, -0.25) is 9.69 Å². The molecule has 0 radical (unpaired) electrons. The van der Waals surface area contributed by atoms with Crippen molar-refractivity contribution in [3.8, 4) is 0 Å². The first-order valence-corrected chi connectivity index (χ1v) is 6.65. The number of carbonyl (C=O) groups is 1. The molecule has 1 aliphatic carbocycles. The van der Waals surface area contributed by atoms with E-state index in [1.54, 1.807) is 13.8 Å². The Morgan fingerprint density at radius 1 is 1.41 bits per heavy atom. The van der Waals surface area contributed by atoms with Gasteiger partial charge < -0.3 is 10.4 Å². The Balaban J connectivity index is 2.31. The second-order valence-electron chi connectivity index (χ2n) is 5.66. The molecular weight excluding hydrogens is 216 g/mol. The van der Waals surface area contributed by atoms with E-state index < -0.39 is 5.60 Å². The van der Waals surface area contributed by atoms with Crippen LogP contribution in [0.2, 0.25) is 0 Å². The summed E-state index contributed by atoms with van der Waals surface area (Å²) in [5.74, 6) is 0.0861. The minimum Gasteiger partial charge on any atom is -0.389 e. The van der Waals surface area contributed by atoms with Crippen LogP contribution in [0.1, 0.15) is 46.5 Å². The SMILES string of the molecule is CCN(CC(=O)NC1CCCC1)CC(C)(C)O. The number of nitrogens with zero attached hydrogens (tertiary/aromatic N) is 1. The van der Waals surface area contributed by atoms with E-state index in [1.165, 1.54) is 12.8 Å². The zero-order valence-corrected chi connectivity index (χ0v) is 11.3. The molecule has 0 aromatic carbocycles. The molecule has 0 unspecified atom stereocenters. The van der Waals surface area contributed by atoms with Gasteiger partial charge in [0.05, 0.1) is 12.1 Å². The number of amides is 1. The van der Waals surface area contributed by atoms with Crippen molar-refractivity contribution in [3.05, 3.63) is 0 Å². The number of aliphatic hydroxyl groups is 1. The van der Waals surface area contributed by atoms with E-state index >= 15 is 0 Å². The Labute approximate surface area is 104 Å². The minimum atomic E-state index is -0.746. The van der Waals surface area contributed by atoms with E-state index in [0.29, 0.717) is 19.1 Å². The van der Waals surface area contributed by atoms with Crippen LogP contribution in [0.4, 0.5) is 0 Å². The van der Waals surface area contributed by atoms with Gasteiger partial charge in [0.25, 0.3) is 0 Å². The molecule has 2 N–H and O–H groups in total. The van der Waals surface area contributed by atoms with Crippen LogP contribution in [0.25, 0.3) is 0 Å². The molecule has 0 spiro atoms. The molecule has 0 aliphatic heterocycles. The molecule has 1 aliphatic rings. The van der Waals surface area contributed by atoms with Crippen LogP contribution in [0.15, 0.2) is 0 Å². The van der Waals surface area contributed by atoms with E-state index in [2.05, 4.69) is 5.32 Å². The Kier molecular flexibility index (Phi) is 5.40. The normalized spacial score (nSPS) is 17.7. The van der Waals surface area contributed by atoms with Crippen LogP contribution in [-0.4, -0.2) is 47.2 Å². The van der Waals surface area contributed by atoms with Crippen molar-refractivity contribution in [2.75, 3.05) is 19.6 Å². The lowest BCUT2D eigenvalue weighted by molar-refractivity contribution is -0.123. The summed E-state index contributed by atoms with van der Waals surface area (Å²) in [5.41, 5.74) is -0.746. The monoisotopic (exact) mass is 242 g/mol. The first-order chi connectivity index (χ1) is 7.90. The van der Waals surface area contributed by atoms with Crippen molar-refractivity contribution in [1.82, 2.24) is 10.2 Å². The Hall–Kier alpha value is -0.610. The zero-order valence-electron chi connectivity index (χ0n) is 11.3. The number of nitrogens with one attached hydrogen (secondary N) is 1. The highest BCUT2D eigenvalue weighted by molar-refractivity contribution is 5.78. The first-order valence-electron chi connectivity index (χ1n) is 6.65. The van der Waals surface area contributed by atoms with Gasteiger partial charge in [-0.2, -0.15) is 0 Å². The summed E-state index contributed by atoms with van der Waals surface area (Å²) in [6.45, 7) is 7.24. The predicted octanol–water partition coefficient (Wildman–Crippen LogP) is 1.14. The van der Waals surface area contributed by atoms with Crippen molar-refractivity contribution in [1.29, 1.82) is 0 Å². The summed E-state index contributed by atoms with van der Waals surface area (Å²) < 4.78 is 0. The largest absolute Gasteiger partial charge is 0.389 e. The molecule has 0 aromatic rings. The van der Waals surface area contributed by atoms with E-state index in [9.17, 15) is 9.90 Å². The van der Waals surface area contributed by atoms with E-state index in [1.807, 2.05) is 11.8 Å². The molecule has 1 amide bonds. The van der Waals surface area contributed by atoms with Crippen molar-refractivity contribution in [2.45, 2.75) is 58.1 Å². The molecule has 4 heteroatoms. The van der Waals surface area contributed by atoms with E-state index in [0.717, 1.165) is 19.4 Å². The molecule has 0 atom stereocenters. The molecular formula is C13H26N2O2. The molecule has 100 valence electrons. The van der Waals surface area contributed by atoms with Gasteiger partial charge in [0.2, 0.25) is 5.91 Å². The second-order valence-corrected chi connectivity index (χ2v) is 5.66. The molecule has 0 bridgehead atoms. The van der Waals surface area contributed by atoms with Crippen LogP contribution < -0.4 is 5.32 Å². The lowest BCUT2D eigenvalue weighted by Crippen LogP contribution is -2.45. The topological polar surface area (TPSA) is 52.6 Å². The first kappa shape index (κ1) is 14.5. The van der Waals surface area contributed by atoms with Gasteiger partial charge in [-0.15, -0.1) is 0 Å². The number of rotatable bonds is 6. The fraction of sp³-hybridized carbons (Fsp3) is 0.923.